The fraction of sp³-hybridized carbons (Fsp3) is 0.684. The zero-order valence-corrected chi connectivity index (χ0v) is 13.5. The minimum absolute atomic E-state index is 0.176. The molecule has 2 nitrogen and oxygen atoms in total. The lowest BCUT2D eigenvalue weighted by Gasteiger charge is -2.13. The molecular formula is C19H31NO. The second kappa shape index (κ2) is 9.09. The summed E-state index contributed by atoms with van der Waals surface area (Å²) in [6.45, 7) is 2.26. The molecule has 0 spiro atoms. The maximum absolute atomic E-state index is 6.28. The molecular weight excluding hydrogens is 258 g/mol. The van der Waals surface area contributed by atoms with Gasteiger partial charge >= 0.3 is 0 Å². The smallest absolute Gasteiger partial charge is 0.119 e. The van der Waals surface area contributed by atoms with Crippen LogP contribution in [0, 0.1) is 0 Å². The molecule has 1 aromatic carbocycles. The van der Waals surface area contributed by atoms with Gasteiger partial charge in [-0.15, -0.1) is 0 Å². The molecule has 2 N–H and O–H groups in total. The Morgan fingerprint density at radius 1 is 1.00 bits per heavy atom. The van der Waals surface area contributed by atoms with Crippen molar-refractivity contribution in [1.29, 1.82) is 0 Å². The zero-order chi connectivity index (χ0) is 14.9. The van der Waals surface area contributed by atoms with Crippen molar-refractivity contribution in [3.63, 3.8) is 0 Å². The molecule has 0 aliphatic heterocycles. The molecule has 2 heteroatoms. The second-order valence-corrected chi connectivity index (χ2v) is 6.40. The Morgan fingerprint density at radius 3 is 2.24 bits per heavy atom. The van der Waals surface area contributed by atoms with Crippen LogP contribution in [0.25, 0.3) is 0 Å². The molecule has 118 valence electrons. The van der Waals surface area contributed by atoms with Gasteiger partial charge in [-0.25, -0.2) is 0 Å². The minimum Gasteiger partial charge on any atom is -0.490 e. The highest BCUT2D eigenvalue weighted by Gasteiger charge is 2.23. The number of nitrogens with two attached hydrogens (primary N) is 1. The van der Waals surface area contributed by atoms with Crippen molar-refractivity contribution in [2.45, 2.75) is 83.3 Å². The second-order valence-electron chi connectivity index (χ2n) is 6.40. The van der Waals surface area contributed by atoms with Crippen molar-refractivity contribution < 1.29 is 4.74 Å². The van der Waals surface area contributed by atoms with E-state index in [1.54, 1.807) is 0 Å². The highest BCUT2D eigenvalue weighted by molar-refractivity contribution is 5.29. The first kappa shape index (κ1) is 16.4. The molecule has 21 heavy (non-hydrogen) atoms. The van der Waals surface area contributed by atoms with Crippen LogP contribution in [0.2, 0.25) is 0 Å². The van der Waals surface area contributed by atoms with E-state index in [-0.39, 0.29) is 6.04 Å². The van der Waals surface area contributed by atoms with Crippen molar-refractivity contribution >= 4 is 0 Å². The Balaban J connectivity index is 1.59. The van der Waals surface area contributed by atoms with Gasteiger partial charge in [0.2, 0.25) is 0 Å². The predicted octanol–water partition coefficient (Wildman–Crippen LogP) is 5.37. The third kappa shape index (κ3) is 6.52. The summed E-state index contributed by atoms with van der Waals surface area (Å²) in [7, 11) is 0. The van der Waals surface area contributed by atoms with Crippen LogP contribution in [0.3, 0.4) is 0 Å². The van der Waals surface area contributed by atoms with Crippen LogP contribution in [0.5, 0.6) is 5.75 Å². The van der Waals surface area contributed by atoms with Gasteiger partial charge in [-0.05, 0) is 37.0 Å². The van der Waals surface area contributed by atoms with Crippen LogP contribution in [0.4, 0.5) is 0 Å². The van der Waals surface area contributed by atoms with Crippen LogP contribution < -0.4 is 10.5 Å². The van der Waals surface area contributed by atoms with Gasteiger partial charge in [-0.2, -0.15) is 0 Å². The fourth-order valence-electron chi connectivity index (χ4n) is 2.66. The van der Waals surface area contributed by atoms with Gasteiger partial charge in [0, 0.05) is 6.04 Å². The Labute approximate surface area is 130 Å². The van der Waals surface area contributed by atoms with Crippen molar-refractivity contribution in [3.05, 3.63) is 29.8 Å². The first-order chi connectivity index (χ1) is 10.3. The van der Waals surface area contributed by atoms with Gasteiger partial charge in [0.05, 0.1) is 6.10 Å². The molecule has 1 fully saturated rings. The lowest BCUT2D eigenvalue weighted by Crippen LogP contribution is -2.10. The molecule has 1 atom stereocenters. The monoisotopic (exact) mass is 289 g/mol. The number of hydrogen-bond donors (Lipinski definition) is 1. The summed E-state index contributed by atoms with van der Waals surface area (Å²) in [6.07, 6.45) is 13.4. The van der Waals surface area contributed by atoms with Gasteiger partial charge in [0.15, 0.2) is 0 Å². The van der Waals surface area contributed by atoms with E-state index in [9.17, 15) is 0 Å². The standard InChI is InChI=1S/C19H31NO/c1-2-3-4-5-6-7-8-9-19(20)16-10-12-17(13-11-16)21-18-14-15-18/h10-13,18-19H,2-9,14-15,20H2,1H3. The average Bonchev–Trinajstić information content (AvgIpc) is 3.31. The molecule has 1 saturated carbocycles. The van der Waals surface area contributed by atoms with Crippen molar-refractivity contribution in [3.8, 4) is 5.75 Å². The highest BCUT2D eigenvalue weighted by Crippen LogP contribution is 2.28. The molecule has 0 heterocycles. The number of unbranched alkanes of at least 4 members (excludes halogenated alkanes) is 6. The predicted molar refractivity (Wildman–Crippen MR) is 89.6 cm³/mol. The lowest BCUT2D eigenvalue weighted by molar-refractivity contribution is 0.303. The van der Waals surface area contributed by atoms with Crippen LogP contribution in [-0.2, 0) is 0 Å². The number of benzene rings is 1. The molecule has 0 radical (unpaired) electrons. The summed E-state index contributed by atoms with van der Waals surface area (Å²) < 4.78 is 5.76. The summed E-state index contributed by atoms with van der Waals surface area (Å²) >= 11 is 0. The number of ether oxygens (including phenoxy) is 1. The van der Waals surface area contributed by atoms with Gasteiger partial charge < -0.3 is 10.5 Å². The van der Waals surface area contributed by atoms with Gasteiger partial charge in [0.25, 0.3) is 0 Å². The zero-order valence-electron chi connectivity index (χ0n) is 13.5. The lowest BCUT2D eigenvalue weighted by atomic mass is 10.0. The van der Waals surface area contributed by atoms with E-state index in [0.29, 0.717) is 6.10 Å². The van der Waals surface area contributed by atoms with Crippen LogP contribution in [0.1, 0.15) is 82.7 Å². The average molecular weight is 289 g/mol. The summed E-state index contributed by atoms with van der Waals surface area (Å²) in [6, 6.07) is 8.57. The third-order valence-electron chi connectivity index (χ3n) is 4.25. The molecule has 0 saturated heterocycles. The van der Waals surface area contributed by atoms with E-state index in [4.69, 9.17) is 10.5 Å². The molecule has 1 unspecified atom stereocenters. The Bertz CT molecular complexity index is 383. The Kier molecular flexibility index (Phi) is 7.08. The van der Waals surface area contributed by atoms with Crippen LogP contribution in [-0.4, -0.2) is 6.10 Å². The Morgan fingerprint density at radius 2 is 1.62 bits per heavy atom. The molecule has 0 amide bonds. The highest BCUT2D eigenvalue weighted by atomic mass is 16.5. The summed E-state index contributed by atoms with van der Waals surface area (Å²) in [4.78, 5) is 0. The van der Waals surface area contributed by atoms with Crippen LogP contribution in [0.15, 0.2) is 24.3 Å². The van der Waals surface area contributed by atoms with E-state index < -0.39 is 0 Å². The van der Waals surface area contributed by atoms with Crippen molar-refractivity contribution in [2.75, 3.05) is 0 Å². The summed E-state index contributed by atoms with van der Waals surface area (Å²) in [5.41, 5.74) is 7.52. The topological polar surface area (TPSA) is 35.2 Å². The van der Waals surface area contributed by atoms with Crippen molar-refractivity contribution in [2.24, 2.45) is 5.73 Å². The SMILES string of the molecule is CCCCCCCCCC(N)c1ccc(OC2CC2)cc1. The molecule has 0 aromatic heterocycles. The van der Waals surface area contributed by atoms with Crippen molar-refractivity contribution in [1.82, 2.24) is 0 Å². The van der Waals surface area contributed by atoms with Crippen LogP contribution >= 0.6 is 0 Å². The summed E-state index contributed by atoms with van der Waals surface area (Å²) in [5.74, 6) is 0.990. The van der Waals surface area contributed by atoms with E-state index in [1.165, 1.54) is 63.4 Å². The van der Waals surface area contributed by atoms with Gasteiger partial charge in [0.1, 0.15) is 5.75 Å². The largest absolute Gasteiger partial charge is 0.490 e. The molecule has 1 aliphatic carbocycles. The number of rotatable bonds is 11. The van der Waals surface area contributed by atoms with E-state index in [0.717, 1.165) is 12.2 Å². The third-order valence-corrected chi connectivity index (χ3v) is 4.25. The first-order valence-electron chi connectivity index (χ1n) is 8.82. The summed E-state index contributed by atoms with van der Waals surface area (Å²) in [5, 5.41) is 0. The van der Waals surface area contributed by atoms with E-state index in [1.807, 2.05) is 0 Å². The first-order valence-corrected chi connectivity index (χ1v) is 8.82. The van der Waals surface area contributed by atoms with E-state index >= 15 is 0 Å². The maximum Gasteiger partial charge on any atom is 0.119 e. The fourth-order valence-corrected chi connectivity index (χ4v) is 2.66. The quantitative estimate of drug-likeness (QED) is 0.556. The normalized spacial score (nSPS) is 15.9. The minimum atomic E-state index is 0.176. The molecule has 1 aromatic rings. The van der Waals surface area contributed by atoms with Gasteiger partial charge in [-0.1, -0.05) is 64.0 Å². The number of hydrogen-bond acceptors (Lipinski definition) is 2. The maximum atomic E-state index is 6.28. The molecule has 2 rings (SSSR count). The Hall–Kier alpha value is -1.02. The molecule has 1 aliphatic rings. The van der Waals surface area contributed by atoms with Gasteiger partial charge in [-0.3, -0.25) is 0 Å². The molecule has 0 bridgehead atoms. The van der Waals surface area contributed by atoms with E-state index in [2.05, 4.69) is 31.2 Å².